The predicted molar refractivity (Wildman–Crippen MR) is 76.8 cm³/mol. The van der Waals surface area contributed by atoms with E-state index < -0.39 is 0 Å². The molecule has 108 valence electrons. The zero-order valence-electron chi connectivity index (χ0n) is 11.7. The number of aromatic amines is 1. The Labute approximate surface area is 117 Å². The lowest BCUT2D eigenvalue weighted by Gasteiger charge is -2.26. The largest absolute Gasteiger partial charge is 0.383 e. The van der Waals surface area contributed by atoms with Gasteiger partial charge in [-0.2, -0.15) is 0 Å². The van der Waals surface area contributed by atoms with Crippen LogP contribution in [-0.2, 0) is 4.74 Å². The fraction of sp³-hybridized carbons (Fsp3) is 0.615. The van der Waals surface area contributed by atoms with E-state index in [0.29, 0.717) is 6.04 Å². The van der Waals surface area contributed by atoms with E-state index in [1.165, 1.54) is 12.8 Å². The first-order valence-corrected chi connectivity index (χ1v) is 7.00. The zero-order valence-corrected chi connectivity index (χ0v) is 11.7. The SMILES string of the molecule is COCCNCC1CCCN1c1ncnc2nc[nH]c12. The van der Waals surface area contributed by atoms with Gasteiger partial charge < -0.3 is 19.9 Å². The van der Waals surface area contributed by atoms with Crippen LogP contribution in [0.5, 0.6) is 0 Å². The maximum absolute atomic E-state index is 5.06. The summed E-state index contributed by atoms with van der Waals surface area (Å²) in [7, 11) is 1.72. The molecule has 1 fully saturated rings. The number of hydrogen-bond donors (Lipinski definition) is 2. The van der Waals surface area contributed by atoms with Gasteiger partial charge in [0.25, 0.3) is 0 Å². The monoisotopic (exact) mass is 276 g/mol. The molecule has 7 nitrogen and oxygen atoms in total. The smallest absolute Gasteiger partial charge is 0.182 e. The van der Waals surface area contributed by atoms with E-state index in [-0.39, 0.29) is 0 Å². The van der Waals surface area contributed by atoms with Crippen LogP contribution in [0.1, 0.15) is 12.8 Å². The minimum Gasteiger partial charge on any atom is -0.383 e. The topological polar surface area (TPSA) is 79.0 Å². The fourth-order valence-electron chi connectivity index (χ4n) is 2.74. The molecule has 0 aliphatic carbocycles. The van der Waals surface area contributed by atoms with Crippen LogP contribution in [0.15, 0.2) is 12.7 Å². The van der Waals surface area contributed by atoms with Crippen molar-refractivity contribution in [2.75, 3.05) is 38.3 Å². The molecule has 2 N–H and O–H groups in total. The lowest BCUT2D eigenvalue weighted by molar-refractivity contribution is 0.199. The van der Waals surface area contributed by atoms with Gasteiger partial charge in [0.15, 0.2) is 11.5 Å². The summed E-state index contributed by atoms with van der Waals surface area (Å²) in [6, 6.07) is 0.466. The Morgan fingerprint density at radius 3 is 3.30 bits per heavy atom. The summed E-state index contributed by atoms with van der Waals surface area (Å²) in [6.07, 6.45) is 5.63. The van der Waals surface area contributed by atoms with Crippen LogP contribution in [-0.4, -0.2) is 59.3 Å². The highest BCUT2D eigenvalue weighted by Crippen LogP contribution is 2.27. The van der Waals surface area contributed by atoms with Crippen LogP contribution in [0.2, 0.25) is 0 Å². The second-order valence-corrected chi connectivity index (χ2v) is 4.98. The number of methoxy groups -OCH3 is 1. The first-order valence-electron chi connectivity index (χ1n) is 7.00. The van der Waals surface area contributed by atoms with E-state index in [0.717, 1.165) is 43.2 Å². The summed E-state index contributed by atoms with van der Waals surface area (Å²) in [6.45, 7) is 3.60. The van der Waals surface area contributed by atoms with E-state index in [1.807, 2.05) is 0 Å². The zero-order chi connectivity index (χ0) is 13.8. The molecule has 1 aliphatic heterocycles. The molecule has 0 radical (unpaired) electrons. The summed E-state index contributed by atoms with van der Waals surface area (Å²) >= 11 is 0. The standard InChI is InChI=1S/C13H20N6O/c1-20-6-4-14-7-10-3-2-5-19(10)13-11-12(16-8-15-11)17-9-18-13/h8-10,14H,2-7H2,1H3,(H,15,16,17,18). The highest BCUT2D eigenvalue weighted by molar-refractivity contribution is 5.82. The summed E-state index contributed by atoms with van der Waals surface area (Å²) in [4.78, 5) is 18.3. The van der Waals surface area contributed by atoms with E-state index in [2.05, 4.69) is 30.2 Å². The van der Waals surface area contributed by atoms with E-state index in [1.54, 1.807) is 19.8 Å². The molecule has 1 saturated heterocycles. The number of ether oxygens (including phenoxy) is 1. The van der Waals surface area contributed by atoms with Crippen molar-refractivity contribution in [3.63, 3.8) is 0 Å². The number of aromatic nitrogens is 4. The Hall–Kier alpha value is -1.73. The molecular formula is C13H20N6O. The van der Waals surface area contributed by atoms with Gasteiger partial charge in [0.1, 0.15) is 11.8 Å². The molecule has 3 rings (SSSR count). The van der Waals surface area contributed by atoms with E-state index >= 15 is 0 Å². The Kier molecular flexibility index (Phi) is 4.08. The van der Waals surface area contributed by atoms with Gasteiger partial charge in [0, 0.05) is 32.8 Å². The van der Waals surface area contributed by atoms with E-state index in [9.17, 15) is 0 Å². The third-order valence-corrected chi connectivity index (χ3v) is 3.72. The van der Waals surface area contributed by atoms with Gasteiger partial charge >= 0.3 is 0 Å². The Morgan fingerprint density at radius 1 is 1.45 bits per heavy atom. The van der Waals surface area contributed by atoms with E-state index in [4.69, 9.17) is 4.74 Å². The number of hydrogen-bond acceptors (Lipinski definition) is 6. The molecule has 0 aromatic carbocycles. The number of fused-ring (bicyclic) bond motifs is 1. The minimum atomic E-state index is 0.466. The normalized spacial score (nSPS) is 19.1. The van der Waals surface area contributed by atoms with Gasteiger partial charge in [-0.1, -0.05) is 0 Å². The van der Waals surface area contributed by atoms with Crippen molar-refractivity contribution in [2.45, 2.75) is 18.9 Å². The van der Waals surface area contributed by atoms with Gasteiger partial charge in [0.2, 0.25) is 0 Å². The average Bonchev–Trinajstić information content (AvgIpc) is 3.11. The third-order valence-electron chi connectivity index (χ3n) is 3.72. The molecule has 0 bridgehead atoms. The van der Waals surface area contributed by atoms with Crippen LogP contribution in [0, 0.1) is 0 Å². The van der Waals surface area contributed by atoms with Gasteiger partial charge in [0.05, 0.1) is 12.9 Å². The Bertz CT molecular complexity index is 557. The molecular weight excluding hydrogens is 256 g/mol. The lowest BCUT2D eigenvalue weighted by Crippen LogP contribution is -2.39. The van der Waals surface area contributed by atoms with Crippen LogP contribution in [0.25, 0.3) is 11.2 Å². The highest BCUT2D eigenvalue weighted by Gasteiger charge is 2.27. The number of H-pyrrole nitrogens is 1. The number of anilines is 1. The molecule has 1 aliphatic rings. The van der Waals surface area contributed by atoms with Crippen molar-refractivity contribution in [1.29, 1.82) is 0 Å². The quantitative estimate of drug-likeness (QED) is 0.751. The van der Waals surface area contributed by atoms with Crippen molar-refractivity contribution in [3.05, 3.63) is 12.7 Å². The molecule has 20 heavy (non-hydrogen) atoms. The predicted octanol–water partition coefficient (Wildman–Crippen LogP) is 0.558. The number of nitrogens with one attached hydrogen (secondary N) is 2. The van der Waals surface area contributed by atoms with Gasteiger partial charge in [-0.15, -0.1) is 0 Å². The van der Waals surface area contributed by atoms with Crippen molar-refractivity contribution in [2.24, 2.45) is 0 Å². The number of rotatable bonds is 6. The molecule has 1 unspecified atom stereocenters. The average molecular weight is 276 g/mol. The lowest BCUT2D eigenvalue weighted by atomic mass is 10.2. The first kappa shape index (κ1) is 13.3. The minimum absolute atomic E-state index is 0.466. The molecule has 2 aromatic rings. The first-order chi connectivity index (χ1) is 9.90. The van der Waals surface area contributed by atoms with Crippen molar-refractivity contribution < 1.29 is 4.74 Å². The number of nitrogens with zero attached hydrogens (tertiary/aromatic N) is 4. The molecule has 0 amide bonds. The second-order valence-electron chi connectivity index (χ2n) is 4.98. The van der Waals surface area contributed by atoms with Crippen molar-refractivity contribution in [1.82, 2.24) is 25.3 Å². The fourth-order valence-corrected chi connectivity index (χ4v) is 2.74. The van der Waals surface area contributed by atoms with Crippen LogP contribution < -0.4 is 10.2 Å². The van der Waals surface area contributed by atoms with Crippen molar-refractivity contribution in [3.8, 4) is 0 Å². The molecule has 0 saturated carbocycles. The van der Waals surface area contributed by atoms with Crippen LogP contribution in [0.4, 0.5) is 5.82 Å². The van der Waals surface area contributed by atoms with Gasteiger partial charge in [-0.3, -0.25) is 0 Å². The second kappa shape index (κ2) is 6.15. The summed E-state index contributed by atoms with van der Waals surface area (Å²) < 4.78 is 5.06. The number of imidazole rings is 1. The van der Waals surface area contributed by atoms with Crippen molar-refractivity contribution >= 4 is 17.0 Å². The summed E-state index contributed by atoms with van der Waals surface area (Å²) in [5, 5.41) is 3.43. The molecule has 3 heterocycles. The molecule has 7 heteroatoms. The molecule has 1 atom stereocenters. The maximum atomic E-state index is 5.06. The van der Waals surface area contributed by atoms with Crippen LogP contribution in [0.3, 0.4) is 0 Å². The Balaban J connectivity index is 1.73. The third kappa shape index (κ3) is 2.59. The highest BCUT2D eigenvalue weighted by atomic mass is 16.5. The van der Waals surface area contributed by atoms with Crippen LogP contribution >= 0.6 is 0 Å². The maximum Gasteiger partial charge on any atom is 0.182 e. The summed E-state index contributed by atoms with van der Waals surface area (Å²) in [5.41, 5.74) is 1.66. The molecule has 2 aromatic heterocycles. The summed E-state index contributed by atoms with van der Waals surface area (Å²) in [5.74, 6) is 0.962. The molecule has 0 spiro atoms. The van der Waals surface area contributed by atoms with Gasteiger partial charge in [-0.05, 0) is 12.8 Å². The Morgan fingerprint density at radius 2 is 2.40 bits per heavy atom. The van der Waals surface area contributed by atoms with Gasteiger partial charge in [-0.25, -0.2) is 15.0 Å².